The van der Waals surface area contributed by atoms with Gasteiger partial charge in [0.1, 0.15) is 11.9 Å². The Hall–Kier alpha value is -1.74. The van der Waals surface area contributed by atoms with Crippen LogP contribution >= 0.6 is 0 Å². The van der Waals surface area contributed by atoms with E-state index in [1.807, 2.05) is 0 Å². The maximum Gasteiger partial charge on any atom is 0.420 e. The molecule has 1 aromatic carbocycles. The Kier molecular flexibility index (Phi) is 4.19. The van der Waals surface area contributed by atoms with Crippen LogP contribution in [0.1, 0.15) is 25.0 Å². The van der Waals surface area contributed by atoms with Crippen molar-refractivity contribution in [2.75, 3.05) is 0 Å². The number of halogens is 3. The van der Waals surface area contributed by atoms with Gasteiger partial charge in [-0.05, 0) is 32.0 Å². The van der Waals surface area contributed by atoms with Crippen LogP contribution in [0, 0.1) is 11.3 Å². The fraction of sp³-hybridized carbons (Fsp3) is 0.417. The second kappa shape index (κ2) is 5.27. The lowest BCUT2D eigenvalue weighted by Gasteiger charge is -2.20. The minimum absolute atomic E-state index is 0.0978. The number of nitrogens with zero attached hydrogens (tertiary/aromatic N) is 1. The van der Waals surface area contributed by atoms with Gasteiger partial charge in [0.25, 0.3) is 0 Å². The Morgan fingerprint density at radius 1 is 1.33 bits per heavy atom. The Balaban J connectivity index is 3.16. The predicted octanol–water partition coefficient (Wildman–Crippen LogP) is 2.73. The number of hydrogen-bond donors (Lipinski definition) is 1. The highest BCUT2D eigenvalue weighted by Gasteiger charge is 2.35. The summed E-state index contributed by atoms with van der Waals surface area (Å²) in [6, 6.07) is 4.68. The molecule has 0 radical (unpaired) electrons. The quantitative estimate of drug-likeness (QED) is 0.908. The highest BCUT2D eigenvalue weighted by molar-refractivity contribution is 5.43. The molecule has 0 fully saturated rings. The highest BCUT2D eigenvalue weighted by atomic mass is 19.4. The third-order valence-electron chi connectivity index (χ3n) is 2.41. The Bertz CT molecular complexity index is 463. The van der Waals surface area contributed by atoms with Crippen LogP contribution in [0.5, 0.6) is 5.75 Å². The van der Waals surface area contributed by atoms with Crippen molar-refractivity contribution in [3.8, 4) is 11.8 Å². The van der Waals surface area contributed by atoms with Crippen LogP contribution in [-0.4, -0.2) is 17.3 Å². The number of aliphatic hydroxyl groups is 1. The van der Waals surface area contributed by atoms with Crippen LogP contribution < -0.4 is 4.74 Å². The zero-order valence-corrected chi connectivity index (χ0v) is 9.82. The van der Waals surface area contributed by atoms with Gasteiger partial charge in [-0.2, -0.15) is 18.4 Å². The van der Waals surface area contributed by atoms with Gasteiger partial charge in [0.2, 0.25) is 0 Å². The first-order valence-electron chi connectivity index (χ1n) is 5.21. The molecule has 1 N–H and O–H groups in total. The molecular formula is C12H12F3NO2. The number of ether oxygens (including phenoxy) is 1. The molecule has 0 amide bonds. The molecule has 98 valence electrons. The average molecular weight is 259 g/mol. The second-order valence-corrected chi connectivity index (χ2v) is 3.88. The summed E-state index contributed by atoms with van der Waals surface area (Å²) in [5, 5.41) is 17.8. The van der Waals surface area contributed by atoms with Crippen molar-refractivity contribution in [3.63, 3.8) is 0 Å². The third-order valence-corrected chi connectivity index (χ3v) is 2.41. The molecule has 0 spiro atoms. The van der Waals surface area contributed by atoms with Crippen LogP contribution in [0.2, 0.25) is 0 Å². The molecule has 0 heterocycles. The van der Waals surface area contributed by atoms with Gasteiger partial charge >= 0.3 is 6.18 Å². The van der Waals surface area contributed by atoms with Crippen molar-refractivity contribution in [1.29, 1.82) is 5.26 Å². The maximum absolute atomic E-state index is 12.8. The van der Waals surface area contributed by atoms with E-state index in [2.05, 4.69) is 0 Å². The first-order valence-corrected chi connectivity index (χ1v) is 5.21. The van der Waals surface area contributed by atoms with E-state index < -0.39 is 29.7 Å². The zero-order chi connectivity index (χ0) is 13.9. The third kappa shape index (κ3) is 3.37. The van der Waals surface area contributed by atoms with Crippen molar-refractivity contribution in [2.24, 2.45) is 0 Å². The summed E-state index contributed by atoms with van der Waals surface area (Å²) in [7, 11) is 0. The number of nitriles is 1. The van der Waals surface area contributed by atoms with Crippen LogP contribution in [0.3, 0.4) is 0 Å². The summed E-state index contributed by atoms with van der Waals surface area (Å²) in [4.78, 5) is 0. The van der Waals surface area contributed by atoms with Crippen LogP contribution in [-0.2, 0) is 6.18 Å². The summed E-state index contributed by atoms with van der Waals surface area (Å²) in [5.41, 5.74) is -1.12. The molecule has 2 atom stereocenters. The second-order valence-electron chi connectivity index (χ2n) is 3.88. The van der Waals surface area contributed by atoms with Crippen LogP contribution in [0.4, 0.5) is 13.2 Å². The summed E-state index contributed by atoms with van der Waals surface area (Å²) in [6.45, 7) is 2.88. The molecule has 1 rings (SSSR count). The molecule has 0 aliphatic rings. The minimum Gasteiger partial charge on any atom is -0.487 e. The van der Waals surface area contributed by atoms with Crippen molar-refractivity contribution < 1.29 is 23.0 Å². The van der Waals surface area contributed by atoms with E-state index in [9.17, 15) is 18.3 Å². The molecule has 2 unspecified atom stereocenters. The smallest absolute Gasteiger partial charge is 0.420 e. The zero-order valence-electron chi connectivity index (χ0n) is 9.82. The highest BCUT2D eigenvalue weighted by Crippen LogP contribution is 2.37. The molecule has 18 heavy (non-hydrogen) atoms. The van der Waals surface area contributed by atoms with E-state index in [0.717, 1.165) is 12.1 Å². The van der Waals surface area contributed by atoms with E-state index in [1.54, 1.807) is 6.07 Å². The summed E-state index contributed by atoms with van der Waals surface area (Å²) in [5.74, 6) is -0.394. The number of aliphatic hydroxyl groups excluding tert-OH is 1. The van der Waals surface area contributed by atoms with Gasteiger partial charge in [-0.25, -0.2) is 0 Å². The van der Waals surface area contributed by atoms with Gasteiger partial charge in [-0.3, -0.25) is 0 Å². The monoisotopic (exact) mass is 259 g/mol. The summed E-state index contributed by atoms with van der Waals surface area (Å²) in [6.07, 6.45) is -6.29. The van der Waals surface area contributed by atoms with Gasteiger partial charge in [0, 0.05) is 0 Å². The normalized spacial score (nSPS) is 14.7. The van der Waals surface area contributed by atoms with Crippen molar-refractivity contribution >= 4 is 0 Å². The van der Waals surface area contributed by atoms with Gasteiger partial charge in [0.15, 0.2) is 0 Å². The summed E-state index contributed by atoms with van der Waals surface area (Å²) >= 11 is 0. The number of alkyl halides is 3. The van der Waals surface area contributed by atoms with Gasteiger partial charge in [-0.1, -0.05) is 0 Å². The standard InChI is InChI=1S/C12H12F3NO2/c1-7(17)8(2)18-11-4-3-9(6-16)5-10(11)12(13,14)15/h3-5,7-8,17H,1-2H3. The lowest BCUT2D eigenvalue weighted by atomic mass is 10.1. The fourth-order valence-electron chi connectivity index (χ4n) is 1.22. The number of benzene rings is 1. The molecule has 0 bridgehead atoms. The van der Waals surface area contributed by atoms with Crippen LogP contribution in [0.25, 0.3) is 0 Å². The lowest BCUT2D eigenvalue weighted by Crippen LogP contribution is -2.26. The SMILES string of the molecule is CC(O)C(C)Oc1ccc(C#N)cc1C(F)(F)F. The molecule has 0 aliphatic carbocycles. The van der Waals surface area contributed by atoms with E-state index in [4.69, 9.17) is 10.00 Å². The molecule has 0 aromatic heterocycles. The molecule has 3 nitrogen and oxygen atoms in total. The Morgan fingerprint density at radius 3 is 2.39 bits per heavy atom. The molecule has 0 saturated carbocycles. The first-order chi connectivity index (χ1) is 8.25. The van der Waals surface area contributed by atoms with E-state index in [0.29, 0.717) is 0 Å². The maximum atomic E-state index is 12.8. The van der Waals surface area contributed by atoms with Crippen molar-refractivity contribution in [2.45, 2.75) is 32.2 Å². The first kappa shape index (κ1) is 14.3. The predicted molar refractivity (Wildman–Crippen MR) is 57.9 cm³/mol. The topological polar surface area (TPSA) is 53.2 Å². The fourth-order valence-corrected chi connectivity index (χ4v) is 1.22. The van der Waals surface area contributed by atoms with Gasteiger partial charge in [0.05, 0.1) is 23.3 Å². The molecule has 6 heteroatoms. The average Bonchev–Trinajstić information content (AvgIpc) is 2.27. The Labute approximate surface area is 102 Å². The molecule has 0 saturated heterocycles. The van der Waals surface area contributed by atoms with E-state index in [1.165, 1.54) is 19.9 Å². The van der Waals surface area contributed by atoms with Crippen LogP contribution in [0.15, 0.2) is 18.2 Å². The van der Waals surface area contributed by atoms with Gasteiger partial charge in [-0.15, -0.1) is 0 Å². The molecular weight excluding hydrogens is 247 g/mol. The number of hydrogen-bond acceptors (Lipinski definition) is 3. The number of rotatable bonds is 3. The minimum atomic E-state index is -4.61. The largest absolute Gasteiger partial charge is 0.487 e. The Morgan fingerprint density at radius 2 is 1.94 bits per heavy atom. The van der Waals surface area contributed by atoms with E-state index >= 15 is 0 Å². The lowest BCUT2D eigenvalue weighted by molar-refractivity contribution is -0.139. The molecule has 1 aromatic rings. The molecule has 0 aliphatic heterocycles. The van der Waals surface area contributed by atoms with Gasteiger partial charge < -0.3 is 9.84 Å². The van der Waals surface area contributed by atoms with E-state index in [-0.39, 0.29) is 5.56 Å². The van der Waals surface area contributed by atoms with Crippen molar-refractivity contribution in [3.05, 3.63) is 29.3 Å². The van der Waals surface area contributed by atoms with Crippen molar-refractivity contribution in [1.82, 2.24) is 0 Å². The summed E-state index contributed by atoms with van der Waals surface area (Å²) < 4.78 is 43.3.